The molecule has 0 aliphatic heterocycles. The number of benzene rings is 1. The summed E-state index contributed by atoms with van der Waals surface area (Å²) in [6.07, 6.45) is 0.0804. The van der Waals surface area contributed by atoms with Gasteiger partial charge in [0.1, 0.15) is 10.9 Å². The van der Waals surface area contributed by atoms with Crippen LogP contribution in [0.25, 0.3) is 10.9 Å². The zero-order chi connectivity index (χ0) is 13.3. The summed E-state index contributed by atoms with van der Waals surface area (Å²) >= 11 is 11.3. The summed E-state index contributed by atoms with van der Waals surface area (Å²) in [5, 5.41) is 0.256. The van der Waals surface area contributed by atoms with E-state index in [4.69, 9.17) is 27.9 Å². The summed E-state index contributed by atoms with van der Waals surface area (Å²) in [5.41, 5.74) is 0.894. The van der Waals surface area contributed by atoms with Gasteiger partial charge in [-0.05, 0) is 49.7 Å². The lowest BCUT2D eigenvalue weighted by Gasteiger charge is -2.10. The molecular formula is C13H11Cl2NO2. The molecule has 0 unspecified atom stereocenters. The topological polar surface area (TPSA) is 39.2 Å². The first-order valence-electron chi connectivity index (χ1n) is 5.44. The van der Waals surface area contributed by atoms with Crippen molar-refractivity contribution in [1.29, 1.82) is 0 Å². The summed E-state index contributed by atoms with van der Waals surface area (Å²) in [4.78, 5) is 15.3. The molecule has 1 aromatic heterocycles. The van der Waals surface area contributed by atoms with Gasteiger partial charge >= 0.3 is 0 Å². The summed E-state index contributed by atoms with van der Waals surface area (Å²) in [6.45, 7) is 3.88. The van der Waals surface area contributed by atoms with Crippen LogP contribution >= 0.6 is 23.2 Å². The summed E-state index contributed by atoms with van der Waals surface area (Å²) in [5.74, 6) is 0.717. The molecule has 1 aromatic carbocycles. The lowest BCUT2D eigenvalue weighted by atomic mass is 10.1. The Balaban J connectivity index is 2.54. The largest absolute Gasteiger partial charge is 0.491 e. The number of nitrogens with zero attached hydrogens (tertiary/aromatic N) is 1. The molecule has 1 heterocycles. The maximum Gasteiger partial charge on any atom is 0.255 e. The molecule has 0 atom stereocenters. The molecule has 0 aliphatic carbocycles. The Labute approximate surface area is 115 Å². The van der Waals surface area contributed by atoms with Crippen molar-refractivity contribution in [3.63, 3.8) is 0 Å². The Bertz CT molecular complexity index is 611. The van der Waals surface area contributed by atoms with Crippen LogP contribution in [0.15, 0.2) is 24.3 Å². The zero-order valence-corrected chi connectivity index (χ0v) is 11.4. The Morgan fingerprint density at radius 2 is 2.06 bits per heavy atom. The molecule has 2 rings (SSSR count). The van der Waals surface area contributed by atoms with Crippen molar-refractivity contribution in [3.05, 3.63) is 35.0 Å². The minimum Gasteiger partial charge on any atom is -0.491 e. The van der Waals surface area contributed by atoms with E-state index in [2.05, 4.69) is 4.98 Å². The van der Waals surface area contributed by atoms with E-state index >= 15 is 0 Å². The van der Waals surface area contributed by atoms with Crippen LogP contribution in [0.4, 0.5) is 0 Å². The van der Waals surface area contributed by atoms with Gasteiger partial charge in [-0.2, -0.15) is 0 Å². The average molecular weight is 284 g/mol. The number of pyridine rings is 1. The molecule has 0 N–H and O–H groups in total. The zero-order valence-electron chi connectivity index (χ0n) is 9.91. The number of aromatic nitrogens is 1. The number of rotatable bonds is 3. The van der Waals surface area contributed by atoms with Crippen LogP contribution in [-0.2, 0) is 0 Å². The van der Waals surface area contributed by atoms with Crippen molar-refractivity contribution in [1.82, 2.24) is 4.98 Å². The van der Waals surface area contributed by atoms with Crippen molar-refractivity contribution >= 4 is 39.3 Å². The van der Waals surface area contributed by atoms with Crippen LogP contribution in [0.3, 0.4) is 0 Å². The highest BCUT2D eigenvalue weighted by atomic mass is 35.5. The van der Waals surface area contributed by atoms with Gasteiger partial charge in [-0.25, -0.2) is 4.98 Å². The van der Waals surface area contributed by atoms with Crippen molar-refractivity contribution < 1.29 is 9.53 Å². The molecule has 0 saturated carbocycles. The van der Waals surface area contributed by atoms with E-state index in [0.29, 0.717) is 5.52 Å². The van der Waals surface area contributed by atoms with Crippen LogP contribution in [0.2, 0.25) is 5.15 Å². The third-order valence-electron chi connectivity index (χ3n) is 2.32. The molecular weight excluding hydrogens is 273 g/mol. The van der Waals surface area contributed by atoms with E-state index < -0.39 is 5.24 Å². The fourth-order valence-electron chi connectivity index (χ4n) is 1.61. The van der Waals surface area contributed by atoms with E-state index in [-0.39, 0.29) is 16.8 Å². The highest BCUT2D eigenvalue weighted by molar-refractivity contribution is 6.68. The van der Waals surface area contributed by atoms with Gasteiger partial charge < -0.3 is 4.74 Å². The minimum absolute atomic E-state index is 0.0804. The van der Waals surface area contributed by atoms with E-state index in [1.807, 2.05) is 26.0 Å². The smallest absolute Gasteiger partial charge is 0.255 e. The highest BCUT2D eigenvalue weighted by Crippen LogP contribution is 2.25. The predicted molar refractivity (Wildman–Crippen MR) is 72.7 cm³/mol. The van der Waals surface area contributed by atoms with Gasteiger partial charge in [0.25, 0.3) is 5.24 Å². The normalized spacial score (nSPS) is 10.9. The third kappa shape index (κ3) is 2.74. The molecule has 0 aliphatic rings. The second-order valence-electron chi connectivity index (χ2n) is 4.12. The van der Waals surface area contributed by atoms with E-state index in [1.165, 1.54) is 0 Å². The Hall–Kier alpha value is -1.32. The molecule has 5 heteroatoms. The SMILES string of the molecule is CC(C)Oc1ccc2nc(Cl)c(C(=O)Cl)cc2c1. The van der Waals surface area contributed by atoms with Crippen LogP contribution < -0.4 is 4.74 Å². The summed E-state index contributed by atoms with van der Waals surface area (Å²) < 4.78 is 5.57. The number of ether oxygens (including phenoxy) is 1. The molecule has 94 valence electrons. The van der Waals surface area contributed by atoms with Crippen molar-refractivity contribution in [2.24, 2.45) is 0 Å². The first-order valence-corrected chi connectivity index (χ1v) is 6.20. The molecule has 2 aromatic rings. The number of fused-ring (bicyclic) bond motifs is 1. The van der Waals surface area contributed by atoms with Gasteiger partial charge in [0.15, 0.2) is 0 Å². The molecule has 0 saturated heterocycles. The van der Waals surface area contributed by atoms with Crippen LogP contribution in [-0.4, -0.2) is 16.3 Å². The number of carbonyl (C=O) groups excluding carboxylic acids is 1. The minimum atomic E-state index is -0.621. The fourth-order valence-corrected chi connectivity index (χ4v) is 2.04. The summed E-state index contributed by atoms with van der Waals surface area (Å²) in [7, 11) is 0. The van der Waals surface area contributed by atoms with Crippen molar-refractivity contribution in [2.45, 2.75) is 20.0 Å². The van der Waals surface area contributed by atoms with Crippen LogP contribution in [0, 0.1) is 0 Å². The van der Waals surface area contributed by atoms with Gasteiger partial charge in [0, 0.05) is 5.39 Å². The monoisotopic (exact) mass is 283 g/mol. The Morgan fingerprint density at radius 1 is 1.33 bits per heavy atom. The van der Waals surface area contributed by atoms with Crippen molar-refractivity contribution in [3.8, 4) is 5.75 Å². The standard InChI is InChI=1S/C13H11Cl2NO2/c1-7(2)18-9-3-4-11-8(5-9)6-10(13(15)17)12(14)16-11/h3-7H,1-2H3. The third-order valence-corrected chi connectivity index (χ3v) is 2.81. The Kier molecular flexibility index (Phi) is 3.73. The maximum absolute atomic E-state index is 11.2. The Morgan fingerprint density at radius 3 is 2.67 bits per heavy atom. The van der Waals surface area contributed by atoms with E-state index in [1.54, 1.807) is 12.1 Å². The molecule has 0 fully saturated rings. The van der Waals surface area contributed by atoms with Gasteiger partial charge in [-0.15, -0.1) is 0 Å². The molecule has 0 spiro atoms. The molecule has 3 nitrogen and oxygen atoms in total. The van der Waals surface area contributed by atoms with Crippen molar-refractivity contribution in [2.75, 3.05) is 0 Å². The fraction of sp³-hybridized carbons (Fsp3) is 0.231. The first kappa shape index (κ1) is 13.1. The lowest BCUT2D eigenvalue weighted by molar-refractivity contribution is 0.108. The van der Waals surface area contributed by atoms with Gasteiger partial charge in [0.2, 0.25) is 0 Å². The summed E-state index contributed by atoms with van der Waals surface area (Å²) in [6, 6.07) is 7.03. The predicted octanol–water partition coefficient (Wildman–Crippen LogP) is 4.05. The second kappa shape index (κ2) is 5.12. The van der Waals surface area contributed by atoms with Gasteiger partial charge in [0.05, 0.1) is 17.2 Å². The lowest BCUT2D eigenvalue weighted by Crippen LogP contribution is -2.05. The van der Waals surface area contributed by atoms with E-state index in [9.17, 15) is 4.79 Å². The molecule has 0 amide bonds. The number of halogens is 2. The molecule has 0 radical (unpaired) electrons. The number of hydrogen-bond donors (Lipinski definition) is 0. The molecule has 0 bridgehead atoms. The highest BCUT2D eigenvalue weighted by Gasteiger charge is 2.11. The van der Waals surface area contributed by atoms with Crippen LogP contribution in [0.1, 0.15) is 24.2 Å². The van der Waals surface area contributed by atoms with E-state index in [0.717, 1.165) is 11.1 Å². The molecule has 18 heavy (non-hydrogen) atoms. The average Bonchev–Trinajstić information content (AvgIpc) is 2.27. The van der Waals surface area contributed by atoms with Crippen LogP contribution in [0.5, 0.6) is 5.75 Å². The van der Waals surface area contributed by atoms with Gasteiger partial charge in [-0.3, -0.25) is 4.79 Å². The van der Waals surface area contributed by atoms with Gasteiger partial charge in [-0.1, -0.05) is 11.6 Å². The number of hydrogen-bond acceptors (Lipinski definition) is 3. The second-order valence-corrected chi connectivity index (χ2v) is 4.82. The first-order chi connectivity index (χ1) is 8.47. The quantitative estimate of drug-likeness (QED) is 0.630. The maximum atomic E-state index is 11.2. The number of carbonyl (C=O) groups is 1.